The summed E-state index contributed by atoms with van der Waals surface area (Å²) in [5.74, 6) is -0.0387. The third-order valence-corrected chi connectivity index (χ3v) is 6.21. The average Bonchev–Trinajstić information content (AvgIpc) is 2.72. The summed E-state index contributed by atoms with van der Waals surface area (Å²) in [6.07, 6.45) is 1.76. The number of hydrogen-bond acceptors (Lipinski definition) is 3. The summed E-state index contributed by atoms with van der Waals surface area (Å²) in [7, 11) is 0. The minimum atomic E-state index is -0.290. The Labute approximate surface area is 178 Å². The first-order valence-electron chi connectivity index (χ1n) is 10.7. The number of allylic oxidation sites excluding steroid dienone is 4. The maximum absolute atomic E-state index is 13.2. The van der Waals surface area contributed by atoms with Crippen LogP contribution in [0, 0.1) is 5.41 Å². The number of Topliss-reactive ketones (excluding diaryl/α,β-unsaturated/α-hetero) is 2. The molecule has 0 bridgehead atoms. The molecule has 1 heterocycles. The highest BCUT2D eigenvalue weighted by molar-refractivity contribution is 6.06. The van der Waals surface area contributed by atoms with Crippen molar-refractivity contribution in [1.82, 2.24) is 5.32 Å². The lowest BCUT2D eigenvalue weighted by molar-refractivity contribution is -0.118. The largest absolute Gasteiger partial charge is 0.362 e. The van der Waals surface area contributed by atoms with E-state index in [0.29, 0.717) is 12.8 Å². The Balaban J connectivity index is 1.82. The van der Waals surface area contributed by atoms with E-state index in [1.54, 1.807) is 0 Å². The second kappa shape index (κ2) is 7.71. The molecule has 4 rings (SSSR count). The lowest BCUT2D eigenvalue weighted by Crippen LogP contribution is -2.38. The van der Waals surface area contributed by atoms with E-state index in [4.69, 9.17) is 0 Å². The Hall–Kier alpha value is -2.94. The molecule has 1 unspecified atom stereocenters. The SMILES string of the molecule is CCC(=O)C1=C(C)NC2=C(C(=O)CC(C)(C)C2)C1c1ccc(-c2ccccc2)cc1. The second-order valence-electron chi connectivity index (χ2n) is 9.19. The van der Waals surface area contributed by atoms with Crippen molar-refractivity contribution < 1.29 is 9.59 Å². The fourth-order valence-electron chi connectivity index (χ4n) is 4.83. The Morgan fingerprint density at radius 3 is 2.27 bits per heavy atom. The van der Waals surface area contributed by atoms with E-state index in [9.17, 15) is 9.59 Å². The molecule has 1 N–H and O–H groups in total. The zero-order chi connectivity index (χ0) is 21.5. The van der Waals surface area contributed by atoms with Gasteiger partial charge in [0, 0.05) is 41.3 Å². The molecule has 0 fully saturated rings. The lowest BCUT2D eigenvalue weighted by Gasteiger charge is -2.39. The van der Waals surface area contributed by atoms with Crippen LogP contribution in [0.5, 0.6) is 0 Å². The van der Waals surface area contributed by atoms with Crippen molar-refractivity contribution in [2.45, 2.75) is 52.9 Å². The zero-order valence-electron chi connectivity index (χ0n) is 18.2. The predicted octanol–water partition coefficient (Wildman–Crippen LogP) is 5.94. The molecule has 1 aliphatic carbocycles. The van der Waals surface area contributed by atoms with Crippen LogP contribution < -0.4 is 5.32 Å². The maximum atomic E-state index is 13.2. The molecule has 1 aliphatic heterocycles. The number of rotatable bonds is 4. The van der Waals surface area contributed by atoms with Crippen molar-refractivity contribution in [3.8, 4) is 11.1 Å². The number of ketones is 2. The average molecular weight is 400 g/mol. The van der Waals surface area contributed by atoms with Gasteiger partial charge in [0.25, 0.3) is 0 Å². The lowest BCUT2D eigenvalue weighted by atomic mass is 9.68. The molecule has 30 heavy (non-hydrogen) atoms. The van der Waals surface area contributed by atoms with Crippen LogP contribution in [0.3, 0.4) is 0 Å². The van der Waals surface area contributed by atoms with Crippen molar-refractivity contribution in [2.75, 3.05) is 0 Å². The molecule has 3 nitrogen and oxygen atoms in total. The van der Waals surface area contributed by atoms with Crippen LogP contribution in [0.15, 0.2) is 77.1 Å². The van der Waals surface area contributed by atoms with Crippen molar-refractivity contribution in [1.29, 1.82) is 0 Å². The van der Waals surface area contributed by atoms with Crippen LogP contribution in [-0.2, 0) is 9.59 Å². The molecular weight excluding hydrogens is 370 g/mol. The summed E-state index contributed by atoms with van der Waals surface area (Å²) in [5, 5.41) is 3.42. The number of carbonyl (C=O) groups excluding carboxylic acids is 2. The van der Waals surface area contributed by atoms with Gasteiger partial charge in [-0.15, -0.1) is 0 Å². The first-order chi connectivity index (χ1) is 14.3. The Bertz CT molecular complexity index is 1060. The summed E-state index contributed by atoms with van der Waals surface area (Å²) in [6.45, 7) is 8.11. The normalized spacial score (nSPS) is 20.7. The monoisotopic (exact) mass is 399 g/mol. The van der Waals surface area contributed by atoms with Crippen molar-refractivity contribution >= 4 is 11.6 Å². The third kappa shape index (κ3) is 3.65. The molecular formula is C27H29NO2. The standard InChI is InChI=1S/C27H29NO2/c1-5-22(29)24-17(2)28-21-15-27(3,4)16-23(30)26(21)25(24)20-13-11-19(12-14-20)18-9-7-6-8-10-18/h6-14,25,28H,5,15-16H2,1-4H3. The fourth-order valence-corrected chi connectivity index (χ4v) is 4.83. The summed E-state index contributed by atoms with van der Waals surface area (Å²) in [4.78, 5) is 26.2. The van der Waals surface area contributed by atoms with E-state index in [1.807, 2.05) is 32.0 Å². The van der Waals surface area contributed by atoms with Crippen LogP contribution in [0.4, 0.5) is 0 Å². The van der Waals surface area contributed by atoms with E-state index < -0.39 is 0 Å². The topological polar surface area (TPSA) is 46.2 Å². The van der Waals surface area contributed by atoms with Gasteiger partial charge in [0.15, 0.2) is 11.6 Å². The van der Waals surface area contributed by atoms with E-state index in [0.717, 1.165) is 45.7 Å². The highest BCUT2D eigenvalue weighted by Gasteiger charge is 2.42. The van der Waals surface area contributed by atoms with E-state index >= 15 is 0 Å². The second-order valence-corrected chi connectivity index (χ2v) is 9.19. The molecule has 2 aromatic carbocycles. The van der Waals surface area contributed by atoms with Gasteiger partial charge >= 0.3 is 0 Å². The number of dihydropyridines is 1. The van der Waals surface area contributed by atoms with Gasteiger partial charge in [-0.25, -0.2) is 0 Å². The summed E-state index contributed by atoms with van der Waals surface area (Å²) in [5.41, 5.74) is 6.59. The maximum Gasteiger partial charge on any atom is 0.162 e. The minimum Gasteiger partial charge on any atom is -0.362 e. The van der Waals surface area contributed by atoms with Gasteiger partial charge < -0.3 is 5.32 Å². The fraction of sp³-hybridized carbons (Fsp3) is 0.333. The predicted molar refractivity (Wildman–Crippen MR) is 121 cm³/mol. The van der Waals surface area contributed by atoms with Gasteiger partial charge in [-0.2, -0.15) is 0 Å². The van der Waals surface area contributed by atoms with E-state index in [2.05, 4.69) is 55.6 Å². The van der Waals surface area contributed by atoms with E-state index in [-0.39, 0.29) is 22.9 Å². The van der Waals surface area contributed by atoms with Crippen molar-refractivity contribution in [3.05, 3.63) is 82.7 Å². The number of carbonyl (C=O) groups is 2. The number of benzene rings is 2. The first-order valence-corrected chi connectivity index (χ1v) is 10.7. The van der Waals surface area contributed by atoms with Gasteiger partial charge in [-0.05, 0) is 35.4 Å². The van der Waals surface area contributed by atoms with Gasteiger partial charge in [-0.3, -0.25) is 9.59 Å². The Morgan fingerprint density at radius 2 is 1.63 bits per heavy atom. The molecule has 2 aliphatic rings. The Morgan fingerprint density at radius 1 is 1.00 bits per heavy atom. The molecule has 0 aromatic heterocycles. The highest BCUT2D eigenvalue weighted by atomic mass is 16.1. The van der Waals surface area contributed by atoms with E-state index in [1.165, 1.54) is 0 Å². The van der Waals surface area contributed by atoms with Gasteiger partial charge in [-0.1, -0.05) is 75.4 Å². The zero-order valence-corrected chi connectivity index (χ0v) is 18.2. The molecule has 1 atom stereocenters. The smallest absolute Gasteiger partial charge is 0.162 e. The highest BCUT2D eigenvalue weighted by Crippen LogP contribution is 2.47. The summed E-state index contributed by atoms with van der Waals surface area (Å²) in [6, 6.07) is 18.6. The van der Waals surface area contributed by atoms with Gasteiger partial charge in [0.2, 0.25) is 0 Å². The summed E-state index contributed by atoms with van der Waals surface area (Å²) >= 11 is 0. The van der Waals surface area contributed by atoms with Crippen LogP contribution in [-0.4, -0.2) is 11.6 Å². The Kier molecular flexibility index (Phi) is 5.23. The van der Waals surface area contributed by atoms with Gasteiger partial charge in [0.1, 0.15) is 0 Å². The first kappa shape index (κ1) is 20.3. The van der Waals surface area contributed by atoms with Crippen LogP contribution in [0.25, 0.3) is 11.1 Å². The van der Waals surface area contributed by atoms with Gasteiger partial charge in [0.05, 0.1) is 0 Å². The van der Waals surface area contributed by atoms with Crippen LogP contribution >= 0.6 is 0 Å². The van der Waals surface area contributed by atoms with Crippen molar-refractivity contribution in [2.24, 2.45) is 5.41 Å². The molecule has 0 saturated carbocycles. The molecule has 0 spiro atoms. The third-order valence-electron chi connectivity index (χ3n) is 6.21. The molecule has 2 aromatic rings. The molecule has 3 heteroatoms. The molecule has 0 amide bonds. The minimum absolute atomic E-state index is 0.0722. The van der Waals surface area contributed by atoms with Crippen LogP contribution in [0.2, 0.25) is 0 Å². The van der Waals surface area contributed by atoms with Crippen LogP contribution in [0.1, 0.15) is 58.4 Å². The van der Waals surface area contributed by atoms with Crippen molar-refractivity contribution in [3.63, 3.8) is 0 Å². The molecule has 0 radical (unpaired) electrons. The summed E-state index contributed by atoms with van der Waals surface area (Å²) < 4.78 is 0. The number of nitrogens with one attached hydrogen (secondary N) is 1. The number of hydrogen-bond donors (Lipinski definition) is 1. The molecule has 0 saturated heterocycles. The molecule has 154 valence electrons. The quantitative estimate of drug-likeness (QED) is 0.692.